The standard InChI is InChI=1S/C13H18O4/c1-2-16-8-9-17-10-12(13(14)15)11-6-4-3-5-7-11/h3-7,12H,2,8-10H2,1H3,(H,14,15). The van der Waals surface area contributed by atoms with Crippen molar-refractivity contribution < 1.29 is 19.4 Å². The number of carboxylic acids is 1. The zero-order valence-electron chi connectivity index (χ0n) is 9.96. The highest BCUT2D eigenvalue weighted by atomic mass is 16.5. The van der Waals surface area contributed by atoms with E-state index in [-0.39, 0.29) is 6.61 Å². The molecule has 1 aromatic rings. The molecule has 1 unspecified atom stereocenters. The van der Waals surface area contributed by atoms with Crippen LogP contribution in [0, 0.1) is 0 Å². The fourth-order valence-electron chi connectivity index (χ4n) is 1.46. The predicted octanol–water partition coefficient (Wildman–Crippen LogP) is 1.91. The third kappa shape index (κ3) is 4.97. The molecule has 0 bridgehead atoms. The van der Waals surface area contributed by atoms with Gasteiger partial charge in [-0.1, -0.05) is 30.3 Å². The number of rotatable bonds is 8. The molecule has 4 heteroatoms. The van der Waals surface area contributed by atoms with Crippen LogP contribution in [0.25, 0.3) is 0 Å². The van der Waals surface area contributed by atoms with E-state index >= 15 is 0 Å². The summed E-state index contributed by atoms with van der Waals surface area (Å²) >= 11 is 0. The van der Waals surface area contributed by atoms with Gasteiger partial charge < -0.3 is 14.6 Å². The van der Waals surface area contributed by atoms with Crippen LogP contribution < -0.4 is 0 Å². The lowest BCUT2D eigenvalue weighted by molar-refractivity contribution is -0.140. The molecule has 0 saturated heterocycles. The first kappa shape index (κ1) is 13.7. The van der Waals surface area contributed by atoms with Crippen LogP contribution in [0.4, 0.5) is 0 Å². The van der Waals surface area contributed by atoms with Crippen molar-refractivity contribution in [2.24, 2.45) is 0 Å². The van der Waals surface area contributed by atoms with Gasteiger partial charge in [0.05, 0.1) is 19.8 Å². The van der Waals surface area contributed by atoms with Crippen molar-refractivity contribution >= 4 is 5.97 Å². The van der Waals surface area contributed by atoms with Gasteiger partial charge >= 0.3 is 5.97 Å². The van der Waals surface area contributed by atoms with Gasteiger partial charge in [0, 0.05) is 6.61 Å². The van der Waals surface area contributed by atoms with Crippen LogP contribution in [-0.2, 0) is 14.3 Å². The lowest BCUT2D eigenvalue weighted by atomic mass is 10.0. The summed E-state index contributed by atoms with van der Waals surface area (Å²) in [6, 6.07) is 9.10. The van der Waals surface area contributed by atoms with Crippen LogP contribution in [0.1, 0.15) is 18.4 Å². The number of carboxylic acid groups (broad SMARTS) is 1. The maximum atomic E-state index is 11.1. The molecule has 1 rings (SSSR count). The quantitative estimate of drug-likeness (QED) is 0.703. The third-order valence-corrected chi connectivity index (χ3v) is 2.36. The molecule has 0 fully saturated rings. The van der Waals surface area contributed by atoms with Gasteiger partial charge in [-0.05, 0) is 12.5 Å². The van der Waals surface area contributed by atoms with Gasteiger partial charge in [0.15, 0.2) is 0 Å². The lowest BCUT2D eigenvalue weighted by Crippen LogP contribution is -2.19. The number of carbonyl (C=O) groups is 1. The van der Waals surface area contributed by atoms with E-state index in [9.17, 15) is 4.79 Å². The summed E-state index contributed by atoms with van der Waals surface area (Å²) < 4.78 is 10.4. The minimum atomic E-state index is -0.868. The summed E-state index contributed by atoms with van der Waals surface area (Å²) in [4.78, 5) is 11.1. The zero-order valence-corrected chi connectivity index (χ0v) is 9.96. The summed E-state index contributed by atoms with van der Waals surface area (Å²) in [7, 11) is 0. The topological polar surface area (TPSA) is 55.8 Å². The minimum absolute atomic E-state index is 0.173. The summed E-state index contributed by atoms with van der Waals surface area (Å²) in [5.41, 5.74) is 0.761. The largest absolute Gasteiger partial charge is 0.481 e. The first-order chi connectivity index (χ1) is 8.25. The molecular formula is C13H18O4. The lowest BCUT2D eigenvalue weighted by Gasteiger charge is -2.13. The molecule has 0 aromatic heterocycles. The van der Waals surface area contributed by atoms with Crippen molar-refractivity contribution in [1.82, 2.24) is 0 Å². The molecule has 1 aromatic carbocycles. The molecule has 0 aliphatic heterocycles. The first-order valence-corrected chi connectivity index (χ1v) is 5.69. The number of aliphatic carboxylic acids is 1. The van der Waals surface area contributed by atoms with E-state index in [2.05, 4.69) is 0 Å². The van der Waals surface area contributed by atoms with Crippen LogP contribution >= 0.6 is 0 Å². The van der Waals surface area contributed by atoms with Crippen LogP contribution in [0.3, 0.4) is 0 Å². The second kappa shape index (κ2) is 7.81. The van der Waals surface area contributed by atoms with Crippen molar-refractivity contribution in [2.75, 3.05) is 26.4 Å². The van der Waals surface area contributed by atoms with E-state index in [0.29, 0.717) is 19.8 Å². The van der Waals surface area contributed by atoms with E-state index in [1.54, 1.807) is 12.1 Å². The van der Waals surface area contributed by atoms with Gasteiger partial charge in [0.2, 0.25) is 0 Å². The molecule has 94 valence electrons. The summed E-state index contributed by atoms with van der Waals surface area (Å²) in [6.45, 7) is 3.64. The van der Waals surface area contributed by atoms with E-state index in [0.717, 1.165) is 5.56 Å². The Hall–Kier alpha value is -1.39. The van der Waals surface area contributed by atoms with Gasteiger partial charge in [-0.15, -0.1) is 0 Å². The molecule has 0 amide bonds. The van der Waals surface area contributed by atoms with Gasteiger partial charge in [0.25, 0.3) is 0 Å². The Bertz CT molecular complexity index is 323. The molecule has 0 heterocycles. The molecule has 0 spiro atoms. The Labute approximate surface area is 101 Å². The minimum Gasteiger partial charge on any atom is -0.481 e. The Kier molecular flexibility index (Phi) is 6.29. The van der Waals surface area contributed by atoms with Gasteiger partial charge in [0.1, 0.15) is 5.92 Å². The Morgan fingerprint density at radius 2 is 1.88 bits per heavy atom. The highest BCUT2D eigenvalue weighted by molar-refractivity contribution is 5.76. The average molecular weight is 238 g/mol. The highest BCUT2D eigenvalue weighted by Crippen LogP contribution is 2.15. The monoisotopic (exact) mass is 238 g/mol. The summed E-state index contributed by atoms with van der Waals surface area (Å²) in [5.74, 6) is -1.48. The second-order valence-corrected chi connectivity index (χ2v) is 3.57. The molecule has 0 aliphatic carbocycles. The molecule has 1 N–H and O–H groups in total. The Morgan fingerprint density at radius 1 is 1.24 bits per heavy atom. The number of hydrogen-bond donors (Lipinski definition) is 1. The Morgan fingerprint density at radius 3 is 2.47 bits per heavy atom. The van der Waals surface area contributed by atoms with Gasteiger partial charge in [-0.3, -0.25) is 4.79 Å². The molecule has 0 radical (unpaired) electrons. The molecule has 4 nitrogen and oxygen atoms in total. The number of benzene rings is 1. The summed E-state index contributed by atoms with van der Waals surface area (Å²) in [5, 5.41) is 9.12. The van der Waals surface area contributed by atoms with Crippen molar-refractivity contribution in [1.29, 1.82) is 0 Å². The molecule has 0 aliphatic rings. The van der Waals surface area contributed by atoms with Crippen molar-refractivity contribution in [3.63, 3.8) is 0 Å². The van der Waals surface area contributed by atoms with Crippen LogP contribution in [0.5, 0.6) is 0 Å². The second-order valence-electron chi connectivity index (χ2n) is 3.57. The Balaban J connectivity index is 2.42. The normalized spacial score (nSPS) is 12.3. The molecular weight excluding hydrogens is 220 g/mol. The van der Waals surface area contributed by atoms with Gasteiger partial charge in [-0.25, -0.2) is 0 Å². The van der Waals surface area contributed by atoms with Crippen LogP contribution in [0.2, 0.25) is 0 Å². The van der Waals surface area contributed by atoms with Crippen molar-refractivity contribution in [2.45, 2.75) is 12.8 Å². The number of ether oxygens (including phenoxy) is 2. The molecule has 17 heavy (non-hydrogen) atoms. The molecule has 0 saturated carbocycles. The van der Waals surface area contributed by atoms with E-state index in [4.69, 9.17) is 14.6 Å². The summed E-state index contributed by atoms with van der Waals surface area (Å²) in [6.07, 6.45) is 0. The van der Waals surface area contributed by atoms with E-state index < -0.39 is 11.9 Å². The number of hydrogen-bond acceptors (Lipinski definition) is 3. The fourth-order valence-corrected chi connectivity index (χ4v) is 1.46. The third-order valence-electron chi connectivity index (χ3n) is 2.36. The van der Waals surface area contributed by atoms with Crippen molar-refractivity contribution in [3.8, 4) is 0 Å². The molecule has 1 atom stereocenters. The maximum absolute atomic E-state index is 11.1. The van der Waals surface area contributed by atoms with Gasteiger partial charge in [-0.2, -0.15) is 0 Å². The van der Waals surface area contributed by atoms with E-state index in [1.807, 2.05) is 25.1 Å². The van der Waals surface area contributed by atoms with Crippen LogP contribution in [-0.4, -0.2) is 37.5 Å². The zero-order chi connectivity index (χ0) is 12.5. The van der Waals surface area contributed by atoms with Crippen LogP contribution in [0.15, 0.2) is 30.3 Å². The fraction of sp³-hybridized carbons (Fsp3) is 0.462. The van der Waals surface area contributed by atoms with E-state index in [1.165, 1.54) is 0 Å². The SMILES string of the molecule is CCOCCOCC(C(=O)O)c1ccccc1. The average Bonchev–Trinajstić information content (AvgIpc) is 2.34. The predicted molar refractivity (Wildman–Crippen MR) is 64.1 cm³/mol. The maximum Gasteiger partial charge on any atom is 0.313 e. The highest BCUT2D eigenvalue weighted by Gasteiger charge is 2.19. The smallest absolute Gasteiger partial charge is 0.313 e. The first-order valence-electron chi connectivity index (χ1n) is 5.69. The van der Waals surface area contributed by atoms with Crippen molar-refractivity contribution in [3.05, 3.63) is 35.9 Å².